The summed E-state index contributed by atoms with van der Waals surface area (Å²) in [6.07, 6.45) is 1.78. The van der Waals surface area contributed by atoms with Crippen LogP contribution in [0.4, 0.5) is 5.13 Å². The zero-order chi connectivity index (χ0) is 9.97. The summed E-state index contributed by atoms with van der Waals surface area (Å²) in [5, 5.41) is 18.1. The molecule has 0 radical (unpaired) electrons. The Balaban J connectivity index is 1.98. The molecule has 14 heavy (non-hydrogen) atoms. The van der Waals surface area contributed by atoms with Crippen molar-refractivity contribution in [1.29, 1.82) is 0 Å². The summed E-state index contributed by atoms with van der Waals surface area (Å²) in [5.41, 5.74) is 2.16. The first-order valence-corrected chi connectivity index (χ1v) is 5.17. The third-order valence-electron chi connectivity index (χ3n) is 1.76. The number of hydrogen-bond donors (Lipinski definition) is 2. The standard InChI is InChI=1S/C7H8ClN5S/c1-4-5(3-10-11-4)2-9-7-13-12-6(8)14-7/h3H,2H2,1H3,(H,9,13)(H,10,11). The number of nitrogens with zero attached hydrogens (tertiary/aromatic N) is 3. The van der Waals surface area contributed by atoms with Crippen LogP contribution >= 0.6 is 22.9 Å². The minimum absolute atomic E-state index is 0.441. The molecule has 74 valence electrons. The van der Waals surface area contributed by atoms with Gasteiger partial charge in [-0.3, -0.25) is 5.10 Å². The van der Waals surface area contributed by atoms with Crippen molar-refractivity contribution in [2.24, 2.45) is 0 Å². The first kappa shape index (κ1) is 9.42. The monoisotopic (exact) mass is 229 g/mol. The van der Waals surface area contributed by atoms with Gasteiger partial charge in [0.25, 0.3) is 0 Å². The first-order valence-electron chi connectivity index (χ1n) is 3.97. The molecule has 0 fully saturated rings. The lowest BCUT2D eigenvalue weighted by Gasteiger charge is -1.99. The van der Waals surface area contributed by atoms with Gasteiger partial charge in [-0.25, -0.2) is 0 Å². The third kappa shape index (κ3) is 2.02. The Labute approximate surface area is 89.5 Å². The van der Waals surface area contributed by atoms with Crippen LogP contribution in [0.1, 0.15) is 11.3 Å². The fourth-order valence-corrected chi connectivity index (χ4v) is 1.73. The quantitative estimate of drug-likeness (QED) is 0.843. The van der Waals surface area contributed by atoms with Crippen molar-refractivity contribution in [2.45, 2.75) is 13.5 Å². The van der Waals surface area contributed by atoms with E-state index >= 15 is 0 Å². The zero-order valence-electron chi connectivity index (χ0n) is 7.41. The molecule has 0 amide bonds. The Kier molecular flexibility index (Phi) is 2.64. The van der Waals surface area contributed by atoms with Crippen molar-refractivity contribution in [3.8, 4) is 0 Å². The molecular weight excluding hydrogens is 222 g/mol. The number of anilines is 1. The number of rotatable bonds is 3. The fraction of sp³-hybridized carbons (Fsp3) is 0.286. The van der Waals surface area contributed by atoms with Crippen LogP contribution in [-0.4, -0.2) is 20.4 Å². The molecule has 2 aromatic heterocycles. The van der Waals surface area contributed by atoms with Gasteiger partial charge in [0, 0.05) is 17.8 Å². The Morgan fingerprint density at radius 1 is 1.57 bits per heavy atom. The molecule has 0 aromatic carbocycles. The molecule has 5 nitrogen and oxygen atoms in total. The summed E-state index contributed by atoms with van der Waals surface area (Å²) in [7, 11) is 0. The van der Waals surface area contributed by atoms with E-state index in [0.29, 0.717) is 11.0 Å². The summed E-state index contributed by atoms with van der Waals surface area (Å²) < 4.78 is 0.441. The van der Waals surface area contributed by atoms with Gasteiger partial charge in [0.1, 0.15) is 0 Å². The van der Waals surface area contributed by atoms with Gasteiger partial charge in [-0.2, -0.15) is 5.10 Å². The third-order valence-corrected chi connectivity index (χ3v) is 2.74. The maximum atomic E-state index is 5.64. The molecule has 2 aromatic rings. The van der Waals surface area contributed by atoms with Crippen LogP contribution in [0.15, 0.2) is 6.20 Å². The SMILES string of the molecule is Cc1[nH]ncc1CNc1nnc(Cl)s1. The van der Waals surface area contributed by atoms with Crippen LogP contribution in [0.5, 0.6) is 0 Å². The lowest BCUT2D eigenvalue weighted by molar-refractivity contribution is 1.03. The van der Waals surface area contributed by atoms with Gasteiger partial charge in [0.15, 0.2) is 0 Å². The van der Waals surface area contributed by atoms with Crippen LogP contribution in [0.25, 0.3) is 0 Å². The largest absolute Gasteiger partial charge is 0.356 e. The molecular formula is C7H8ClN5S. The Hall–Kier alpha value is -1.14. The van der Waals surface area contributed by atoms with Gasteiger partial charge in [0.2, 0.25) is 9.60 Å². The second kappa shape index (κ2) is 3.93. The van der Waals surface area contributed by atoms with E-state index in [1.165, 1.54) is 11.3 Å². The average Bonchev–Trinajstić information content (AvgIpc) is 2.72. The number of nitrogens with one attached hydrogen (secondary N) is 2. The van der Waals surface area contributed by atoms with Gasteiger partial charge in [-0.05, 0) is 18.5 Å². The van der Waals surface area contributed by atoms with Gasteiger partial charge < -0.3 is 5.32 Å². The Bertz CT molecular complexity index is 423. The van der Waals surface area contributed by atoms with Gasteiger partial charge in [0.05, 0.1) is 6.20 Å². The number of aryl methyl sites for hydroxylation is 1. The van der Waals surface area contributed by atoms with E-state index in [0.717, 1.165) is 16.4 Å². The second-order valence-electron chi connectivity index (χ2n) is 2.73. The topological polar surface area (TPSA) is 66.5 Å². The van der Waals surface area contributed by atoms with Crippen LogP contribution in [-0.2, 0) is 6.54 Å². The van der Waals surface area contributed by atoms with Crippen molar-refractivity contribution < 1.29 is 0 Å². The summed E-state index contributed by atoms with van der Waals surface area (Å²) in [5.74, 6) is 0. The van der Waals surface area contributed by atoms with E-state index in [2.05, 4.69) is 25.7 Å². The number of hydrogen-bond acceptors (Lipinski definition) is 5. The number of H-pyrrole nitrogens is 1. The molecule has 2 N–H and O–H groups in total. The molecule has 0 bridgehead atoms. The molecule has 0 aliphatic carbocycles. The molecule has 0 spiro atoms. The highest BCUT2D eigenvalue weighted by molar-refractivity contribution is 7.18. The molecule has 0 aliphatic heterocycles. The molecule has 0 saturated heterocycles. The number of aromatic amines is 1. The van der Waals surface area contributed by atoms with Crippen molar-refractivity contribution in [3.05, 3.63) is 21.9 Å². The fourth-order valence-electron chi connectivity index (χ4n) is 1.00. The number of halogens is 1. The van der Waals surface area contributed by atoms with Crippen molar-refractivity contribution in [3.63, 3.8) is 0 Å². The molecule has 0 saturated carbocycles. The average molecular weight is 230 g/mol. The minimum Gasteiger partial charge on any atom is -0.356 e. The molecule has 0 aliphatic rings. The van der Waals surface area contributed by atoms with E-state index < -0.39 is 0 Å². The van der Waals surface area contributed by atoms with Crippen molar-refractivity contribution in [2.75, 3.05) is 5.32 Å². The molecule has 2 rings (SSSR count). The maximum absolute atomic E-state index is 5.64. The molecule has 0 atom stereocenters. The summed E-state index contributed by atoms with van der Waals surface area (Å²) >= 11 is 6.96. The lowest BCUT2D eigenvalue weighted by atomic mass is 10.3. The van der Waals surface area contributed by atoms with Crippen molar-refractivity contribution in [1.82, 2.24) is 20.4 Å². The first-order chi connectivity index (χ1) is 6.75. The van der Waals surface area contributed by atoms with Crippen LogP contribution in [0, 0.1) is 6.92 Å². The van der Waals surface area contributed by atoms with Crippen LogP contribution in [0.2, 0.25) is 4.47 Å². The van der Waals surface area contributed by atoms with Crippen molar-refractivity contribution >= 4 is 28.1 Å². The Morgan fingerprint density at radius 3 is 3.00 bits per heavy atom. The van der Waals surface area contributed by atoms with E-state index in [1.54, 1.807) is 6.20 Å². The van der Waals surface area contributed by atoms with Crippen LogP contribution in [0.3, 0.4) is 0 Å². The van der Waals surface area contributed by atoms with E-state index in [1.807, 2.05) is 6.92 Å². The highest BCUT2D eigenvalue weighted by Crippen LogP contribution is 2.20. The molecule has 2 heterocycles. The summed E-state index contributed by atoms with van der Waals surface area (Å²) in [6.45, 7) is 2.64. The normalized spacial score (nSPS) is 10.4. The minimum atomic E-state index is 0.441. The predicted octanol–water partition coefficient (Wildman–Crippen LogP) is 1.84. The van der Waals surface area contributed by atoms with Gasteiger partial charge in [-0.1, -0.05) is 11.3 Å². The predicted molar refractivity (Wildman–Crippen MR) is 55.6 cm³/mol. The van der Waals surface area contributed by atoms with Gasteiger partial charge >= 0.3 is 0 Å². The van der Waals surface area contributed by atoms with Crippen LogP contribution < -0.4 is 5.32 Å². The van der Waals surface area contributed by atoms with E-state index in [-0.39, 0.29) is 0 Å². The Morgan fingerprint density at radius 2 is 2.43 bits per heavy atom. The smallest absolute Gasteiger partial charge is 0.208 e. The highest BCUT2D eigenvalue weighted by Gasteiger charge is 2.03. The van der Waals surface area contributed by atoms with E-state index in [4.69, 9.17) is 11.6 Å². The van der Waals surface area contributed by atoms with E-state index in [9.17, 15) is 0 Å². The summed E-state index contributed by atoms with van der Waals surface area (Å²) in [4.78, 5) is 0. The van der Waals surface area contributed by atoms with Gasteiger partial charge in [-0.15, -0.1) is 10.2 Å². The summed E-state index contributed by atoms with van der Waals surface area (Å²) in [6, 6.07) is 0. The zero-order valence-corrected chi connectivity index (χ0v) is 8.98. The molecule has 0 unspecified atom stereocenters. The number of aromatic nitrogens is 4. The lowest BCUT2D eigenvalue weighted by Crippen LogP contribution is -1.99. The molecule has 7 heteroatoms. The highest BCUT2D eigenvalue weighted by atomic mass is 35.5. The second-order valence-corrected chi connectivity index (χ2v) is 4.29. The maximum Gasteiger partial charge on any atom is 0.208 e.